The number of aromatic nitrogens is 2. The van der Waals surface area contributed by atoms with Crippen LogP contribution in [0.1, 0.15) is 31.3 Å². The first-order valence-corrected chi connectivity index (χ1v) is 9.83. The van der Waals surface area contributed by atoms with Crippen LogP contribution in [0, 0.1) is 0 Å². The van der Waals surface area contributed by atoms with E-state index < -0.39 is 24.0 Å². The van der Waals surface area contributed by atoms with E-state index in [1.165, 1.54) is 6.07 Å². The average molecular weight is 428 g/mol. The molecule has 2 heterocycles. The van der Waals surface area contributed by atoms with E-state index in [0.29, 0.717) is 18.4 Å². The Labute approximate surface area is 177 Å². The van der Waals surface area contributed by atoms with Gasteiger partial charge in [-0.1, -0.05) is 24.3 Å². The highest BCUT2D eigenvalue weighted by atomic mass is 19.3. The number of carbonyl (C=O) groups excluding carboxylic acids is 2. The number of halogens is 2. The molecule has 0 aliphatic carbocycles. The number of nitrogens with one attached hydrogen (secondary N) is 1. The molecule has 1 aromatic heterocycles. The Balaban J connectivity index is 1.53. The number of carbonyl (C=O) groups is 2. The summed E-state index contributed by atoms with van der Waals surface area (Å²) in [6.07, 6.45) is 0.918. The number of fused-ring (bicyclic) bond motifs is 1. The minimum Gasteiger partial charge on any atom is -0.497 e. The number of alkyl halides is 2. The zero-order valence-corrected chi connectivity index (χ0v) is 17.1. The van der Waals surface area contributed by atoms with E-state index in [9.17, 15) is 18.4 Å². The monoisotopic (exact) mass is 428 g/mol. The Morgan fingerprint density at radius 1 is 1.13 bits per heavy atom. The fourth-order valence-electron chi connectivity index (χ4n) is 3.81. The third kappa shape index (κ3) is 3.83. The second-order valence-electron chi connectivity index (χ2n) is 7.67. The molecule has 0 radical (unpaired) electrons. The first-order valence-electron chi connectivity index (χ1n) is 9.83. The second kappa shape index (κ2) is 7.98. The quantitative estimate of drug-likeness (QED) is 0.580. The highest BCUT2D eigenvalue weighted by Gasteiger charge is 2.47. The summed E-state index contributed by atoms with van der Waals surface area (Å²) in [4.78, 5) is 30.8. The number of hydrogen-bond donors (Lipinski definition) is 1. The normalized spacial score (nSPS) is 18.8. The van der Waals surface area contributed by atoms with Crippen molar-refractivity contribution < 1.29 is 23.1 Å². The Morgan fingerprint density at radius 3 is 2.52 bits per heavy atom. The molecule has 1 N–H and O–H groups in total. The number of rotatable bonds is 7. The van der Waals surface area contributed by atoms with Crippen molar-refractivity contribution >= 4 is 23.0 Å². The minimum absolute atomic E-state index is 0.0425. The van der Waals surface area contributed by atoms with E-state index in [-0.39, 0.29) is 17.9 Å². The van der Waals surface area contributed by atoms with Crippen molar-refractivity contribution in [1.82, 2.24) is 19.8 Å². The van der Waals surface area contributed by atoms with Crippen LogP contribution in [0.5, 0.6) is 5.75 Å². The van der Waals surface area contributed by atoms with E-state index in [2.05, 4.69) is 10.3 Å². The van der Waals surface area contributed by atoms with Gasteiger partial charge in [-0.3, -0.25) is 14.3 Å². The lowest BCUT2D eigenvalue weighted by Gasteiger charge is -2.21. The molecule has 9 heteroatoms. The third-order valence-electron chi connectivity index (χ3n) is 5.58. The maximum atomic E-state index is 13.7. The molecule has 3 aromatic rings. The molecule has 3 amide bonds. The van der Waals surface area contributed by atoms with Crippen molar-refractivity contribution in [3.63, 3.8) is 0 Å². The van der Waals surface area contributed by atoms with Crippen molar-refractivity contribution in [1.29, 1.82) is 0 Å². The first-order chi connectivity index (χ1) is 14.8. The van der Waals surface area contributed by atoms with Crippen LogP contribution >= 0.6 is 0 Å². The summed E-state index contributed by atoms with van der Waals surface area (Å²) < 4.78 is 33.3. The van der Waals surface area contributed by atoms with Crippen LogP contribution in [-0.2, 0) is 17.8 Å². The summed E-state index contributed by atoms with van der Waals surface area (Å²) in [5.41, 5.74) is 0.495. The molecule has 1 aliphatic heterocycles. The molecule has 2 aromatic carbocycles. The van der Waals surface area contributed by atoms with Gasteiger partial charge in [0.2, 0.25) is 0 Å². The number of nitrogens with zero attached hydrogens (tertiary/aromatic N) is 3. The van der Waals surface area contributed by atoms with Gasteiger partial charge in [0.05, 0.1) is 24.7 Å². The number of imidazole rings is 1. The van der Waals surface area contributed by atoms with Crippen LogP contribution in [-0.4, -0.2) is 39.0 Å². The van der Waals surface area contributed by atoms with E-state index in [4.69, 9.17) is 4.74 Å². The van der Waals surface area contributed by atoms with Crippen LogP contribution < -0.4 is 10.1 Å². The average Bonchev–Trinajstić information content (AvgIpc) is 3.23. The molecule has 31 heavy (non-hydrogen) atoms. The van der Waals surface area contributed by atoms with E-state index in [1.54, 1.807) is 32.2 Å². The molecule has 1 unspecified atom stereocenters. The first kappa shape index (κ1) is 20.8. The van der Waals surface area contributed by atoms with Gasteiger partial charge in [0.25, 0.3) is 5.91 Å². The summed E-state index contributed by atoms with van der Waals surface area (Å²) in [7, 11) is 1.58. The predicted octanol–water partition coefficient (Wildman–Crippen LogP) is 3.88. The van der Waals surface area contributed by atoms with Crippen LogP contribution in [0.4, 0.5) is 13.6 Å². The maximum Gasteiger partial charge on any atom is 0.325 e. The van der Waals surface area contributed by atoms with Gasteiger partial charge < -0.3 is 10.1 Å². The second-order valence-corrected chi connectivity index (χ2v) is 7.67. The number of benzene rings is 2. The van der Waals surface area contributed by atoms with Gasteiger partial charge in [-0.2, -0.15) is 8.78 Å². The number of ether oxygens (including phenoxy) is 1. The lowest BCUT2D eigenvalue weighted by Crippen LogP contribution is -2.44. The molecular weight excluding hydrogens is 406 g/mol. The summed E-state index contributed by atoms with van der Waals surface area (Å²) in [5.74, 6) is 0.228. The molecular formula is C22H22F2N4O3. The molecule has 0 saturated carbocycles. The van der Waals surface area contributed by atoms with Crippen molar-refractivity contribution in [2.24, 2.45) is 0 Å². The number of methoxy groups -OCH3 is 1. The number of imide groups is 1. The van der Waals surface area contributed by atoms with Gasteiger partial charge in [-0.25, -0.2) is 9.78 Å². The van der Waals surface area contributed by atoms with Gasteiger partial charge >= 0.3 is 12.6 Å². The van der Waals surface area contributed by atoms with Crippen molar-refractivity contribution in [3.8, 4) is 5.75 Å². The lowest BCUT2D eigenvalue weighted by atomic mass is 9.93. The lowest BCUT2D eigenvalue weighted by molar-refractivity contribution is -0.131. The van der Waals surface area contributed by atoms with Gasteiger partial charge in [0, 0.05) is 0 Å². The highest BCUT2D eigenvalue weighted by Crippen LogP contribution is 2.28. The largest absolute Gasteiger partial charge is 0.497 e. The molecule has 0 spiro atoms. The van der Waals surface area contributed by atoms with Crippen molar-refractivity contribution in [3.05, 3.63) is 59.9 Å². The van der Waals surface area contributed by atoms with Crippen LogP contribution in [0.3, 0.4) is 0 Å². The Morgan fingerprint density at radius 2 is 1.84 bits per heavy atom. The highest BCUT2D eigenvalue weighted by molar-refractivity contribution is 6.06. The fraction of sp³-hybridized carbons (Fsp3) is 0.318. The summed E-state index contributed by atoms with van der Waals surface area (Å²) in [5, 5.41) is 2.71. The smallest absolute Gasteiger partial charge is 0.325 e. The molecule has 1 fully saturated rings. The fourth-order valence-corrected chi connectivity index (χ4v) is 3.81. The van der Waals surface area contributed by atoms with Crippen LogP contribution in [0.15, 0.2) is 48.5 Å². The number of para-hydroxylation sites is 2. The molecule has 1 saturated heterocycles. The molecule has 4 rings (SSSR count). The van der Waals surface area contributed by atoms with E-state index >= 15 is 0 Å². The number of urea groups is 1. The van der Waals surface area contributed by atoms with Gasteiger partial charge in [-0.15, -0.1) is 0 Å². The Kier molecular flexibility index (Phi) is 5.34. The zero-order valence-electron chi connectivity index (χ0n) is 17.1. The molecule has 1 atom stereocenters. The Hall–Kier alpha value is -3.49. The number of hydrogen-bond acceptors (Lipinski definition) is 4. The minimum atomic E-state index is -2.84. The molecule has 0 bridgehead atoms. The van der Waals surface area contributed by atoms with Crippen molar-refractivity contribution in [2.75, 3.05) is 7.11 Å². The topological polar surface area (TPSA) is 76.5 Å². The summed E-state index contributed by atoms with van der Waals surface area (Å²) in [6, 6.07) is 13.3. The van der Waals surface area contributed by atoms with E-state index in [0.717, 1.165) is 20.8 Å². The Bertz CT molecular complexity index is 1130. The molecule has 1 aliphatic rings. The van der Waals surface area contributed by atoms with Gasteiger partial charge in [0.15, 0.2) is 0 Å². The number of aryl methyl sites for hydroxylation is 1. The summed E-state index contributed by atoms with van der Waals surface area (Å²) in [6.45, 7) is -1.53. The predicted molar refractivity (Wildman–Crippen MR) is 110 cm³/mol. The standard InChI is InChI=1S/C22H22F2N4O3/c1-22(12-11-14-7-9-15(31-2)10-8-14)19(29)27(21(30)26-22)13-18-25-16-5-3-4-6-17(16)28(18)20(23)24/h3-10,20H,11-13H2,1-2H3,(H,26,30). The van der Waals surface area contributed by atoms with Gasteiger partial charge in [0.1, 0.15) is 17.1 Å². The summed E-state index contributed by atoms with van der Waals surface area (Å²) >= 11 is 0. The molecule has 162 valence electrons. The SMILES string of the molecule is COc1ccc(CCC2(C)NC(=O)N(Cc3nc4ccccc4n3C(F)F)C2=O)cc1. The van der Waals surface area contributed by atoms with E-state index in [1.807, 2.05) is 24.3 Å². The van der Waals surface area contributed by atoms with Crippen molar-refractivity contribution in [2.45, 2.75) is 38.4 Å². The van der Waals surface area contributed by atoms with Crippen LogP contribution in [0.2, 0.25) is 0 Å². The zero-order chi connectivity index (χ0) is 22.2. The van der Waals surface area contributed by atoms with Gasteiger partial charge in [-0.05, 0) is 49.6 Å². The van der Waals surface area contributed by atoms with Crippen LogP contribution in [0.25, 0.3) is 11.0 Å². The molecule has 7 nitrogen and oxygen atoms in total. The number of amides is 3. The maximum absolute atomic E-state index is 13.7. The third-order valence-corrected chi connectivity index (χ3v) is 5.58.